The highest BCUT2D eigenvalue weighted by atomic mass is 32.1. The predicted molar refractivity (Wildman–Crippen MR) is 180 cm³/mol. The molecular weight excluding hydrogens is 529 g/mol. The summed E-state index contributed by atoms with van der Waals surface area (Å²) in [5.41, 5.74) is 8.17. The monoisotopic (exact) mass is 552 g/mol. The van der Waals surface area contributed by atoms with Gasteiger partial charge in [0.05, 0.1) is 0 Å². The Morgan fingerprint density at radius 2 is 0.857 bits per heavy atom. The molecule has 196 valence electrons. The van der Waals surface area contributed by atoms with Gasteiger partial charge in [-0.2, -0.15) is 0 Å². The van der Waals surface area contributed by atoms with Gasteiger partial charge in [-0.05, 0) is 56.4 Å². The third kappa shape index (κ3) is 3.36. The van der Waals surface area contributed by atoms with Gasteiger partial charge in [0.1, 0.15) is 11.2 Å². The summed E-state index contributed by atoms with van der Waals surface area (Å²) in [6.07, 6.45) is 0. The summed E-state index contributed by atoms with van der Waals surface area (Å²) in [5, 5.41) is 8.71. The van der Waals surface area contributed by atoms with Gasteiger partial charge in [-0.3, -0.25) is 0 Å². The van der Waals surface area contributed by atoms with Gasteiger partial charge in [0.25, 0.3) is 0 Å². The molecule has 0 spiro atoms. The first-order valence-electron chi connectivity index (χ1n) is 14.3. The highest BCUT2D eigenvalue weighted by Crippen LogP contribution is 2.53. The van der Waals surface area contributed by atoms with E-state index in [0.717, 1.165) is 16.6 Å². The van der Waals surface area contributed by atoms with Crippen LogP contribution in [0.2, 0.25) is 0 Å². The van der Waals surface area contributed by atoms with E-state index in [0.29, 0.717) is 0 Å². The Balaban J connectivity index is 1.51. The quantitative estimate of drug-likeness (QED) is 0.199. The number of rotatable bonds is 3. The van der Waals surface area contributed by atoms with Crippen molar-refractivity contribution >= 4 is 64.9 Å². The Morgan fingerprint density at radius 3 is 1.48 bits per heavy atom. The second kappa shape index (κ2) is 9.17. The number of hydrogen-bond acceptors (Lipinski definition) is 2. The molecule has 0 atom stereocenters. The first kappa shape index (κ1) is 23.5. The van der Waals surface area contributed by atoms with Crippen LogP contribution in [-0.2, 0) is 0 Å². The molecule has 0 N–H and O–H groups in total. The van der Waals surface area contributed by atoms with Gasteiger partial charge in [-0.15, -0.1) is 11.3 Å². The summed E-state index contributed by atoms with van der Waals surface area (Å²) in [4.78, 5) is 1.29. The first-order chi connectivity index (χ1) is 20.9. The Bertz CT molecular complexity index is 2390. The van der Waals surface area contributed by atoms with Gasteiger partial charge in [0, 0.05) is 36.9 Å². The van der Waals surface area contributed by atoms with Gasteiger partial charge >= 0.3 is 0 Å². The fourth-order valence-corrected chi connectivity index (χ4v) is 8.06. The smallest absolute Gasteiger partial charge is 0.136 e. The van der Waals surface area contributed by atoms with Crippen molar-refractivity contribution in [2.24, 2.45) is 0 Å². The Morgan fingerprint density at radius 1 is 0.357 bits per heavy atom. The molecule has 9 rings (SSSR count). The minimum Gasteiger partial charge on any atom is -0.456 e. The predicted octanol–water partition coefficient (Wildman–Crippen LogP) is 12.1. The van der Waals surface area contributed by atoms with Crippen molar-refractivity contribution < 1.29 is 4.42 Å². The molecule has 0 bridgehead atoms. The highest BCUT2D eigenvalue weighted by molar-refractivity contribution is 7.23. The molecule has 2 heterocycles. The van der Waals surface area contributed by atoms with Gasteiger partial charge in [-0.25, -0.2) is 0 Å². The molecule has 0 unspecified atom stereocenters. The average molecular weight is 553 g/mol. The minimum atomic E-state index is 0.926. The maximum Gasteiger partial charge on any atom is 0.136 e. The lowest BCUT2D eigenvalue weighted by atomic mass is 9.86. The van der Waals surface area contributed by atoms with Crippen LogP contribution in [0.15, 0.2) is 150 Å². The molecule has 9 aromatic rings. The third-order valence-electron chi connectivity index (χ3n) is 8.48. The minimum absolute atomic E-state index is 0.926. The molecule has 0 aliphatic carbocycles. The summed E-state index contributed by atoms with van der Waals surface area (Å²) < 4.78 is 7.64. The summed E-state index contributed by atoms with van der Waals surface area (Å²) >= 11 is 1.89. The zero-order valence-corrected chi connectivity index (χ0v) is 23.5. The Hall–Kier alpha value is -5.18. The normalized spacial score (nSPS) is 11.8. The lowest BCUT2D eigenvalue weighted by Crippen LogP contribution is -1.90. The largest absolute Gasteiger partial charge is 0.456 e. The van der Waals surface area contributed by atoms with Crippen molar-refractivity contribution in [3.8, 4) is 32.7 Å². The fourth-order valence-electron chi connectivity index (χ4n) is 6.75. The zero-order valence-electron chi connectivity index (χ0n) is 22.7. The molecule has 2 heteroatoms. The summed E-state index contributed by atoms with van der Waals surface area (Å²) in [6.45, 7) is 0. The van der Waals surface area contributed by atoms with Crippen molar-refractivity contribution in [1.29, 1.82) is 0 Å². The van der Waals surface area contributed by atoms with Crippen molar-refractivity contribution in [1.82, 2.24) is 0 Å². The SMILES string of the molecule is c1ccc(-c2c3ccccc3c(-c3sc4ccc5oc6ccccc6c5c4c3-c3ccccc3)c3ccccc23)cc1. The molecule has 0 aliphatic heterocycles. The second-order valence-corrected chi connectivity index (χ2v) is 11.8. The van der Waals surface area contributed by atoms with Gasteiger partial charge < -0.3 is 4.42 Å². The van der Waals surface area contributed by atoms with E-state index in [4.69, 9.17) is 4.42 Å². The van der Waals surface area contributed by atoms with Crippen molar-refractivity contribution in [3.63, 3.8) is 0 Å². The van der Waals surface area contributed by atoms with Crippen LogP contribution < -0.4 is 0 Å². The van der Waals surface area contributed by atoms with Crippen LogP contribution in [0.25, 0.3) is 86.3 Å². The topological polar surface area (TPSA) is 13.1 Å². The molecule has 2 aromatic heterocycles. The summed E-state index contributed by atoms with van der Waals surface area (Å²) in [7, 11) is 0. The van der Waals surface area contributed by atoms with Gasteiger partial charge in [0.15, 0.2) is 0 Å². The van der Waals surface area contributed by atoms with Crippen LogP contribution in [0.5, 0.6) is 0 Å². The number of hydrogen-bond donors (Lipinski definition) is 0. The highest BCUT2D eigenvalue weighted by Gasteiger charge is 2.24. The Labute approximate surface area is 246 Å². The van der Waals surface area contributed by atoms with E-state index in [1.165, 1.54) is 69.7 Å². The maximum atomic E-state index is 6.38. The molecule has 0 radical (unpaired) electrons. The lowest BCUT2D eigenvalue weighted by molar-refractivity contribution is 0.669. The standard InChI is InChI=1S/C40H24OS/c1-3-13-25(14-4-1)35-27-17-7-9-19-29(27)37(30-20-10-8-18-28(30)35)40-36(26-15-5-2-6-16-26)39-34(42-40)24-23-33-38(39)31-21-11-12-22-32(31)41-33/h1-24H. The first-order valence-corrected chi connectivity index (χ1v) is 15.1. The van der Waals surface area contributed by atoms with Gasteiger partial charge in [-0.1, -0.05) is 127 Å². The molecule has 1 nitrogen and oxygen atoms in total. The molecule has 0 amide bonds. The molecule has 42 heavy (non-hydrogen) atoms. The van der Waals surface area contributed by atoms with Gasteiger partial charge in [0.2, 0.25) is 0 Å². The van der Waals surface area contributed by atoms with Crippen molar-refractivity contribution in [2.45, 2.75) is 0 Å². The molecule has 0 fully saturated rings. The van der Waals surface area contributed by atoms with Crippen LogP contribution in [0.4, 0.5) is 0 Å². The summed E-state index contributed by atoms with van der Waals surface area (Å²) in [6, 6.07) is 52.3. The van der Waals surface area contributed by atoms with Crippen LogP contribution in [0, 0.1) is 0 Å². The second-order valence-electron chi connectivity index (χ2n) is 10.8. The van der Waals surface area contributed by atoms with E-state index in [9.17, 15) is 0 Å². The van der Waals surface area contributed by atoms with Crippen LogP contribution in [-0.4, -0.2) is 0 Å². The van der Waals surface area contributed by atoms with E-state index < -0.39 is 0 Å². The van der Waals surface area contributed by atoms with E-state index >= 15 is 0 Å². The number of benzene rings is 7. The third-order valence-corrected chi connectivity index (χ3v) is 9.65. The molecule has 7 aromatic carbocycles. The number of thiophene rings is 1. The van der Waals surface area contributed by atoms with E-state index in [-0.39, 0.29) is 0 Å². The summed E-state index contributed by atoms with van der Waals surface area (Å²) in [5.74, 6) is 0. The number of para-hydroxylation sites is 1. The van der Waals surface area contributed by atoms with E-state index in [2.05, 4.69) is 140 Å². The number of fused-ring (bicyclic) bond motifs is 7. The van der Waals surface area contributed by atoms with E-state index in [1.54, 1.807) is 0 Å². The average Bonchev–Trinajstić information content (AvgIpc) is 3.62. The lowest BCUT2D eigenvalue weighted by Gasteiger charge is -2.18. The van der Waals surface area contributed by atoms with Crippen LogP contribution >= 0.6 is 11.3 Å². The van der Waals surface area contributed by atoms with E-state index in [1.807, 2.05) is 17.4 Å². The molecule has 0 aliphatic rings. The van der Waals surface area contributed by atoms with Crippen LogP contribution in [0.1, 0.15) is 0 Å². The number of furan rings is 1. The maximum absolute atomic E-state index is 6.38. The van der Waals surface area contributed by atoms with Crippen molar-refractivity contribution in [2.75, 3.05) is 0 Å². The Kier molecular flexibility index (Phi) is 5.13. The fraction of sp³-hybridized carbons (Fsp3) is 0. The molecule has 0 saturated carbocycles. The molecular formula is C40H24OS. The van der Waals surface area contributed by atoms with Crippen molar-refractivity contribution in [3.05, 3.63) is 146 Å². The zero-order chi connectivity index (χ0) is 27.6. The van der Waals surface area contributed by atoms with Crippen LogP contribution in [0.3, 0.4) is 0 Å². The molecule has 0 saturated heterocycles.